The Morgan fingerprint density at radius 1 is 1.20 bits per heavy atom. The van der Waals surface area contributed by atoms with Crippen LogP contribution < -0.4 is 4.72 Å². The molecule has 1 aliphatic heterocycles. The minimum absolute atomic E-state index is 0.397. The van der Waals surface area contributed by atoms with Gasteiger partial charge in [0.25, 0.3) is 0 Å². The van der Waals surface area contributed by atoms with E-state index in [0.717, 1.165) is 43.6 Å². The van der Waals surface area contributed by atoms with E-state index in [-0.39, 0.29) is 0 Å². The summed E-state index contributed by atoms with van der Waals surface area (Å²) in [6.07, 6.45) is 2.08. The molecule has 1 N–H and O–H groups in total. The second-order valence-electron chi connectivity index (χ2n) is 6.92. The maximum Gasteiger partial charge on any atom is 0.240 e. The van der Waals surface area contributed by atoms with Gasteiger partial charge in [0.15, 0.2) is 0 Å². The zero-order valence-corrected chi connectivity index (χ0v) is 16.5. The predicted octanol–water partition coefficient (Wildman–Crippen LogP) is 3.56. The molecule has 1 aliphatic rings. The van der Waals surface area contributed by atoms with Crippen LogP contribution in [0.25, 0.3) is 0 Å². The first-order valence-corrected chi connectivity index (χ1v) is 11.1. The lowest BCUT2D eigenvalue weighted by Gasteiger charge is -2.31. The van der Waals surface area contributed by atoms with Gasteiger partial charge in [-0.15, -0.1) is 11.3 Å². The topological polar surface area (TPSA) is 49.4 Å². The quantitative estimate of drug-likeness (QED) is 0.836. The number of benzene rings is 1. The molecule has 1 aromatic carbocycles. The van der Waals surface area contributed by atoms with Gasteiger partial charge in [-0.2, -0.15) is 0 Å². The van der Waals surface area contributed by atoms with E-state index < -0.39 is 10.0 Å². The van der Waals surface area contributed by atoms with Gasteiger partial charge in [-0.3, -0.25) is 4.90 Å². The average Bonchev–Trinajstić information content (AvgIpc) is 3.07. The van der Waals surface area contributed by atoms with Crippen molar-refractivity contribution in [3.8, 4) is 0 Å². The molecule has 0 atom stereocenters. The average molecular weight is 379 g/mol. The normalized spacial score (nSPS) is 17.0. The van der Waals surface area contributed by atoms with Crippen molar-refractivity contribution >= 4 is 21.4 Å². The Hall–Kier alpha value is -1.21. The minimum Gasteiger partial charge on any atom is -0.298 e. The van der Waals surface area contributed by atoms with Gasteiger partial charge in [-0.05, 0) is 68.8 Å². The molecule has 6 heteroatoms. The summed E-state index contributed by atoms with van der Waals surface area (Å²) in [6.45, 7) is 7.44. The highest BCUT2D eigenvalue weighted by Gasteiger charge is 2.23. The highest BCUT2D eigenvalue weighted by atomic mass is 32.2. The second kappa shape index (κ2) is 7.99. The molecule has 1 fully saturated rings. The molecule has 25 heavy (non-hydrogen) atoms. The molecule has 0 amide bonds. The molecular weight excluding hydrogens is 352 g/mol. The number of hydrogen-bond donors (Lipinski definition) is 1. The van der Waals surface area contributed by atoms with E-state index >= 15 is 0 Å². The number of hydrogen-bond acceptors (Lipinski definition) is 4. The van der Waals surface area contributed by atoms with Crippen LogP contribution in [0.15, 0.2) is 40.6 Å². The molecule has 136 valence electrons. The van der Waals surface area contributed by atoms with E-state index in [2.05, 4.69) is 27.1 Å². The van der Waals surface area contributed by atoms with Crippen molar-refractivity contribution in [1.82, 2.24) is 9.62 Å². The molecule has 2 heterocycles. The summed E-state index contributed by atoms with van der Waals surface area (Å²) >= 11 is 1.80. The van der Waals surface area contributed by atoms with Gasteiger partial charge in [0.1, 0.15) is 0 Å². The Morgan fingerprint density at radius 2 is 1.96 bits per heavy atom. The summed E-state index contributed by atoms with van der Waals surface area (Å²) in [7, 11) is -3.42. The number of aryl methyl sites for hydroxylation is 2. The Bertz CT molecular complexity index is 793. The Kier molecular flexibility index (Phi) is 5.94. The van der Waals surface area contributed by atoms with Gasteiger partial charge in [0.05, 0.1) is 4.90 Å². The van der Waals surface area contributed by atoms with E-state index in [1.165, 1.54) is 4.88 Å². The monoisotopic (exact) mass is 378 g/mol. The van der Waals surface area contributed by atoms with Crippen molar-refractivity contribution in [1.29, 1.82) is 0 Å². The summed E-state index contributed by atoms with van der Waals surface area (Å²) < 4.78 is 27.9. The maximum atomic E-state index is 12.6. The molecular formula is C19H26N2O2S2. The van der Waals surface area contributed by atoms with Crippen LogP contribution in [0, 0.1) is 19.8 Å². The van der Waals surface area contributed by atoms with Crippen LogP contribution in [0.3, 0.4) is 0 Å². The molecule has 2 aromatic rings. The molecule has 0 spiro atoms. The number of rotatable bonds is 6. The van der Waals surface area contributed by atoms with E-state index in [0.29, 0.717) is 17.4 Å². The van der Waals surface area contributed by atoms with Gasteiger partial charge in [0, 0.05) is 18.0 Å². The lowest BCUT2D eigenvalue weighted by atomic mass is 9.97. The fraction of sp³-hybridized carbons (Fsp3) is 0.474. The van der Waals surface area contributed by atoms with Gasteiger partial charge < -0.3 is 0 Å². The zero-order chi connectivity index (χ0) is 17.9. The lowest BCUT2D eigenvalue weighted by molar-refractivity contribution is 0.180. The van der Waals surface area contributed by atoms with E-state index in [9.17, 15) is 8.42 Å². The summed E-state index contributed by atoms with van der Waals surface area (Å²) in [4.78, 5) is 4.25. The van der Waals surface area contributed by atoms with Crippen LogP contribution >= 0.6 is 11.3 Å². The van der Waals surface area contributed by atoms with E-state index in [1.807, 2.05) is 26.0 Å². The molecule has 0 bridgehead atoms. The van der Waals surface area contributed by atoms with Gasteiger partial charge in [0.2, 0.25) is 10.0 Å². The van der Waals surface area contributed by atoms with Crippen LogP contribution in [-0.4, -0.2) is 33.0 Å². The molecule has 3 rings (SSSR count). The van der Waals surface area contributed by atoms with E-state index in [1.54, 1.807) is 17.4 Å². The maximum absolute atomic E-state index is 12.6. The lowest BCUT2D eigenvalue weighted by Crippen LogP contribution is -2.38. The second-order valence-corrected chi connectivity index (χ2v) is 9.69. The smallest absolute Gasteiger partial charge is 0.240 e. The van der Waals surface area contributed by atoms with E-state index in [4.69, 9.17) is 0 Å². The Labute approximate surface area is 154 Å². The number of nitrogens with zero attached hydrogens (tertiary/aromatic N) is 1. The van der Waals surface area contributed by atoms with Crippen LogP contribution in [0.5, 0.6) is 0 Å². The first-order valence-electron chi connectivity index (χ1n) is 8.76. The molecule has 0 aliphatic carbocycles. The number of likely N-dealkylation sites (tertiary alicyclic amines) is 1. The van der Waals surface area contributed by atoms with Crippen LogP contribution in [0.4, 0.5) is 0 Å². The number of piperidine rings is 1. The van der Waals surface area contributed by atoms with Crippen molar-refractivity contribution in [3.05, 3.63) is 51.7 Å². The van der Waals surface area contributed by atoms with Crippen molar-refractivity contribution in [3.63, 3.8) is 0 Å². The third-order valence-corrected chi connectivity index (χ3v) is 7.29. The van der Waals surface area contributed by atoms with Crippen molar-refractivity contribution in [2.75, 3.05) is 19.6 Å². The van der Waals surface area contributed by atoms with Gasteiger partial charge >= 0.3 is 0 Å². The Morgan fingerprint density at radius 3 is 2.60 bits per heavy atom. The van der Waals surface area contributed by atoms with Crippen LogP contribution in [0.2, 0.25) is 0 Å². The number of nitrogens with one attached hydrogen (secondary N) is 1. The predicted molar refractivity (Wildman–Crippen MR) is 103 cm³/mol. The summed E-state index contributed by atoms with van der Waals surface area (Å²) in [5.74, 6) is 0.417. The third-order valence-electron chi connectivity index (χ3n) is 4.85. The molecule has 0 unspecified atom stereocenters. The fourth-order valence-electron chi connectivity index (χ4n) is 3.38. The van der Waals surface area contributed by atoms with Gasteiger partial charge in [-0.25, -0.2) is 13.1 Å². The number of thiophene rings is 1. The summed E-state index contributed by atoms with van der Waals surface area (Å²) in [5.41, 5.74) is 1.88. The Balaban J connectivity index is 1.50. The summed E-state index contributed by atoms with van der Waals surface area (Å²) in [6, 6.07) is 9.74. The largest absolute Gasteiger partial charge is 0.298 e. The van der Waals surface area contributed by atoms with Crippen molar-refractivity contribution < 1.29 is 8.42 Å². The van der Waals surface area contributed by atoms with Crippen LogP contribution in [-0.2, 0) is 16.6 Å². The van der Waals surface area contributed by atoms with Crippen molar-refractivity contribution in [2.24, 2.45) is 5.92 Å². The highest BCUT2D eigenvalue weighted by molar-refractivity contribution is 7.89. The third kappa shape index (κ3) is 4.91. The first kappa shape index (κ1) is 18.6. The standard InChI is InChI=1S/C19H26N2O2S2/c1-15-5-6-19(16(2)12-15)25(22,23)20-13-17-7-9-21(10-8-17)14-18-4-3-11-24-18/h3-6,11-12,17,20H,7-10,13-14H2,1-2H3. The van der Waals surface area contributed by atoms with Gasteiger partial charge in [-0.1, -0.05) is 23.8 Å². The van der Waals surface area contributed by atoms with Crippen molar-refractivity contribution in [2.45, 2.75) is 38.1 Å². The minimum atomic E-state index is -3.42. The molecule has 1 aromatic heterocycles. The fourth-order valence-corrected chi connectivity index (χ4v) is 5.46. The zero-order valence-electron chi connectivity index (χ0n) is 14.9. The SMILES string of the molecule is Cc1ccc(S(=O)(=O)NCC2CCN(Cc3cccs3)CC2)c(C)c1. The highest BCUT2D eigenvalue weighted by Crippen LogP contribution is 2.21. The molecule has 0 saturated carbocycles. The van der Waals surface area contributed by atoms with Crippen LogP contribution in [0.1, 0.15) is 28.8 Å². The molecule has 1 saturated heterocycles. The first-order chi connectivity index (χ1) is 11.9. The number of sulfonamides is 1. The summed E-state index contributed by atoms with van der Waals surface area (Å²) in [5, 5.41) is 2.12. The molecule has 4 nitrogen and oxygen atoms in total. The molecule has 0 radical (unpaired) electrons.